The van der Waals surface area contributed by atoms with Crippen LogP contribution in [0.15, 0.2) is 30.5 Å². The van der Waals surface area contributed by atoms with Gasteiger partial charge in [0.25, 0.3) is 0 Å². The third-order valence-electron chi connectivity index (χ3n) is 5.50. The maximum Gasteiger partial charge on any atom is 0.319 e. The molecule has 1 fully saturated rings. The predicted molar refractivity (Wildman–Crippen MR) is 120 cm³/mol. The number of carbonyl (C=O) groups is 1. The summed E-state index contributed by atoms with van der Waals surface area (Å²) in [6.07, 6.45) is 6.32. The largest absolute Gasteiger partial charge is 0.490 e. The Morgan fingerprint density at radius 2 is 1.77 bits per heavy atom. The van der Waals surface area contributed by atoms with Crippen molar-refractivity contribution in [1.82, 2.24) is 15.3 Å². The standard InChI is InChI=1S/C22H30N6O3/c1-28(2)20-10-11-23-21(27-20)24-15-4-6-16(7-5-15)25-22(29)26-17-8-9-18-19(14-17)31-13-3-12-30-18/h8-11,14-16H,3-7,12-13H2,1-2H3,(H,23,24,27)(H2,25,26,29)/t15-,16+. The zero-order chi connectivity index (χ0) is 21.6. The van der Waals surface area contributed by atoms with Crippen LogP contribution in [0, 0.1) is 0 Å². The van der Waals surface area contributed by atoms with Crippen LogP contribution in [0.3, 0.4) is 0 Å². The number of carbonyl (C=O) groups excluding carboxylic acids is 1. The summed E-state index contributed by atoms with van der Waals surface area (Å²) >= 11 is 0. The second-order valence-corrected chi connectivity index (χ2v) is 8.14. The lowest BCUT2D eigenvalue weighted by Gasteiger charge is -2.29. The van der Waals surface area contributed by atoms with Crippen LogP contribution in [0.1, 0.15) is 32.1 Å². The molecule has 2 amide bonds. The van der Waals surface area contributed by atoms with E-state index in [1.165, 1.54) is 0 Å². The van der Waals surface area contributed by atoms with Gasteiger partial charge in [-0.3, -0.25) is 0 Å². The van der Waals surface area contributed by atoms with Crippen LogP contribution in [-0.2, 0) is 0 Å². The van der Waals surface area contributed by atoms with Crippen molar-refractivity contribution in [1.29, 1.82) is 0 Å². The van der Waals surface area contributed by atoms with E-state index in [1.54, 1.807) is 6.20 Å². The monoisotopic (exact) mass is 426 g/mol. The minimum absolute atomic E-state index is 0.146. The van der Waals surface area contributed by atoms with Crippen molar-refractivity contribution in [2.45, 2.75) is 44.2 Å². The van der Waals surface area contributed by atoms with Gasteiger partial charge >= 0.3 is 6.03 Å². The highest BCUT2D eigenvalue weighted by atomic mass is 16.5. The summed E-state index contributed by atoms with van der Waals surface area (Å²) in [5, 5.41) is 9.40. The van der Waals surface area contributed by atoms with Gasteiger partial charge in [-0.1, -0.05) is 0 Å². The number of hydrogen-bond donors (Lipinski definition) is 3. The molecule has 0 saturated heterocycles. The number of ether oxygens (including phenoxy) is 2. The number of nitrogens with one attached hydrogen (secondary N) is 3. The van der Waals surface area contributed by atoms with Gasteiger partial charge in [0.15, 0.2) is 11.5 Å². The Labute approximate surface area is 182 Å². The Balaban J connectivity index is 1.24. The van der Waals surface area contributed by atoms with Crippen LogP contribution < -0.4 is 30.3 Å². The first kappa shape index (κ1) is 21.0. The Morgan fingerprint density at radius 3 is 2.55 bits per heavy atom. The van der Waals surface area contributed by atoms with E-state index in [9.17, 15) is 4.79 Å². The first-order chi connectivity index (χ1) is 15.1. The van der Waals surface area contributed by atoms with Gasteiger partial charge in [0.05, 0.1) is 13.2 Å². The summed E-state index contributed by atoms with van der Waals surface area (Å²) in [6, 6.07) is 7.60. The number of fused-ring (bicyclic) bond motifs is 1. The second kappa shape index (κ2) is 9.72. The lowest BCUT2D eigenvalue weighted by atomic mass is 9.91. The average Bonchev–Trinajstić information content (AvgIpc) is 3.00. The first-order valence-electron chi connectivity index (χ1n) is 10.8. The summed E-state index contributed by atoms with van der Waals surface area (Å²) in [5.74, 6) is 2.91. The Bertz CT molecular complexity index is 899. The van der Waals surface area contributed by atoms with Crippen LogP contribution in [0.5, 0.6) is 11.5 Å². The van der Waals surface area contributed by atoms with E-state index in [1.807, 2.05) is 43.3 Å². The van der Waals surface area contributed by atoms with Crippen LogP contribution >= 0.6 is 0 Å². The number of urea groups is 1. The number of rotatable bonds is 5. The van der Waals surface area contributed by atoms with Crippen molar-refractivity contribution < 1.29 is 14.3 Å². The summed E-state index contributed by atoms with van der Waals surface area (Å²) in [7, 11) is 3.92. The van der Waals surface area contributed by atoms with Gasteiger partial charge in [0.2, 0.25) is 5.95 Å². The van der Waals surface area contributed by atoms with E-state index >= 15 is 0 Å². The molecular formula is C22H30N6O3. The molecule has 1 aromatic heterocycles. The first-order valence-corrected chi connectivity index (χ1v) is 10.8. The summed E-state index contributed by atoms with van der Waals surface area (Å²) < 4.78 is 11.3. The van der Waals surface area contributed by atoms with Crippen molar-refractivity contribution in [2.24, 2.45) is 0 Å². The molecule has 166 valence electrons. The lowest BCUT2D eigenvalue weighted by molar-refractivity contribution is 0.243. The van der Waals surface area contributed by atoms with Gasteiger partial charge in [-0.2, -0.15) is 4.98 Å². The number of amides is 2. The number of nitrogens with zero attached hydrogens (tertiary/aromatic N) is 3. The van der Waals surface area contributed by atoms with Gasteiger partial charge in [0.1, 0.15) is 5.82 Å². The number of hydrogen-bond acceptors (Lipinski definition) is 7. The topological polar surface area (TPSA) is 101 Å². The van der Waals surface area contributed by atoms with Crippen molar-refractivity contribution in [3.63, 3.8) is 0 Å². The van der Waals surface area contributed by atoms with Crippen LogP contribution in [-0.4, -0.2) is 55.4 Å². The third-order valence-corrected chi connectivity index (χ3v) is 5.50. The van der Waals surface area contributed by atoms with Gasteiger partial charge in [-0.25, -0.2) is 9.78 Å². The average molecular weight is 427 g/mol. The molecule has 31 heavy (non-hydrogen) atoms. The van der Waals surface area contributed by atoms with Crippen molar-refractivity contribution in [3.8, 4) is 11.5 Å². The SMILES string of the molecule is CN(C)c1ccnc(N[C@H]2CC[C@@H](NC(=O)Nc3ccc4c(c3)OCCCO4)CC2)n1. The molecule has 4 rings (SSSR count). The van der Waals surface area contributed by atoms with Crippen molar-refractivity contribution >= 4 is 23.5 Å². The predicted octanol–water partition coefficient (Wildman–Crippen LogP) is 3.25. The summed E-state index contributed by atoms with van der Waals surface area (Å²) in [5.41, 5.74) is 0.690. The van der Waals surface area contributed by atoms with E-state index in [0.29, 0.717) is 36.6 Å². The normalized spacial score (nSPS) is 20.3. The van der Waals surface area contributed by atoms with Gasteiger partial charge in [-0.05, 0) is 43.9 Å². The Morgan fingerprint density at radius 1 is 1.03 bits per heavy atom. The molecule has 0 radical (unpaired) electrons. The second-order valence-electron chi connectivity index (χ2n) is 8.14. The van der Waals surface area contributed by atoms with Crippen LogP contribution in [0.25, 0.3) is 0 Å². The van der Waals surface area contributed by atoms with E-state index in [2.05, 4.69) is 25.9 Å². The number of anilines is 3. The highest BCUT2D eigenvalue weighted by Gasteiger charge is 2.23. The van der Waals surface area contributed by atoms with Crippen LogP contribution in [0.4, 0.5) is 22.2 Å². The Kier molecular flexibility index (Phi) is 6.59. The maximum atomic E-state index is 12.5. The summed E-state index contributed by atoms with van der Waals surface area (Å²) in [6.45, 7) is 1.26. The number of benzene rings is 1. The quantitative estimate of drug-likeness (QED) is 0.675. The highest BCUT2D eigenvalue weighted by Crippen LogP contribution is 2.32. The van der Waals surface area contributed by atoms with Crippen molar-refractivity contribution in [2.75, 3.05) is 42.8 Å². The molecular weight excluding hydrogens is 396 g/mol. The molecule has 0 spiro atoms. The molecule has 0 bridgehead atoms. The minimum atomic E-state index is -0.201. The van der Waals surface area contributed by atoms with Gasteiger partial charge in [-0.15, -0.1) is 0 Å². The van der Waals surface area contributed by atoms with Crippen LogP contribution in [0.2, 0.25) is 0 Å². The molecule has 9 nitrogen and oxygen atoms in total. The molecule has 1 saturated carbocycles. The molecule has 2 aromatic rings. The molecule has 9 heteroatoms. The molecule has 2 aliphatic rings. The van der Waals surface area contributed by atoms with Gasteiger partial charge in [0, 0.05) is 50.6 Å². The molecule has 1 aliphatic carbocycles. The fraction of sp³-hybridized carbons (Fsp3) is 0.500. The molecule has 2 heterocycles. The van der Waals surface area contributed by atoms with E-state index < -0.39 is 0 Å². The maximum absolute atomic E-state index is 12.5. The third kappa shape index (κ3) is 5.68. The lowest BCUT2D eigenvalue weighted by Crippen LogP contribution is -2.42. The Hall–Kier alpha value is -3.23. The summed E-state index contributed by atoms with van der Waals surface area (Å²) in [4.78, 5) is 23.3. The minimum Gasteiger partial charge on any atom is -0.490 e. The number of aromatic nitrogens is 2. The molecule has 0 unspecified atom stereocenters. The fourth-order valence-electron chi connectivity index (χ4n) is 3.83. The van der Waals surface area contributed by atoms with E-state index in [4.69, 9.17) is 9.47 Å². The highest BCUT2D eigenvalue weighted by molar-refractivity contribution is 5.89. The molecule has 0 atom stereocenters. The smallest absolute Gasteiger partial charge is 0.319 e. The van der Waals surface area contributed by atoms with E-state index in [-0.39, 0.29) is 12.1 Å². The fourth-order valence-corrected chi connectivity index (χ4v) is 3.83. The zero-order valence-electron chi connectivity index (χ0n) is 18.1. The molecule has 1 aliphatic heterocycles. The van der Waals surface area contributed by atoms with Gasteiger partial charge < -0.3 is 30.3 Å². The van der Waals surface area contributed by atoms with E-state index in [0.717, 1.165) is 43.7 Å². The van der Waals surface area contributed by atoms with Crippen molar-refractivity contribution in [3.05, 3.63) is 30.5 Å². The molecule has 1 aromatic carbocycles. The zero-order valence-corrected chi connectivity index (χ0v) is 18.1. The molecule has 3 N–H and O–H groups in total.